The average molecular weight is 476 g/mol. The molecule has 0 spiro atoms. The van der Waals surface area contributed by atoms with Gasteiger partial charge in [0.1, 0.15) is 5.76 Å². The fourth-order valence-corrected chi connectivity index (χ4v) is 4.87. The lowest BCUT2D eigenvalue weighted by Crippen LogP contribution is -2.23. The molecule has 0 fully saturated rings. The molecule has 3 heterocycles. The van der Waals surface area contributed by atoms with Gasteiger partial charge < -0.3 is 9.51 Å². The number of aromatic nitrogens is 4. The first kappa shape index (κ1) is 22.1. The Kier molecular flexibility index (Phi) is 5.16. The zero-order chi connectivity index (χ0) is 24.2. The van der Waals surface area contributed by atoms with Crippen molar-refractivity contribution in [2.24, 2.45) is 0 Å². The molecule has 0 amide bonds. The maximum absolute atomic E-state index is 12.5. The number of aromatic amines is 1. The summed E-state index contributed by atoms with van der Waals surface area (Å²) in [4.78, 5) is 12.3. The predicted molar refractivity (Wildman–Crippen MR) is 134 cm³/mol. The minimum Gasteiger partial charge on any atom is -0.361 e. The van der Waals surface area contributed by atoms with Crippen molar-refractivity contribution in [3.63, 3.8) is 0 Å². The molecule has 174 valence electrons. The maximum Gasteiger partial charge on any atom is 0.237 e. The number of H-pyrrole nitrogens is 1. The first-order chi connectivity index (χ1) is 16.2. The zero-order valence-corrected chi connectivity index (χ0v) is 20.4. The summed E-state index contributed by atoms with van der Waals surface area (Å²) in [6.45, 7) is 9.07. The third kappa shape index (κ3) is 3.62. The van der Waals surface area contributed by atoms with E-state index < -0.39 is 15.3 Å². The van der Waals surface area contributed by atoms with Crippen molar-refractivity contribution in [3.8, 4) is 22.3 Å². The molecule has 0 saturated heterocycles. The van der Waals surface area contributed by atoms with Crippen LogP contribution in [0.25, 0.3) is 44.2 Å². The first-order valence-electron chi connectivity index (χ1n) is 11.0. The molecule has 0 aliphatic carbocycles. The highest BCUT2D eigenvalue weighted by atomic mass is 32.2. The van der Waals surface area contributed by atoms with Crippen LogP contribution in [0, 0.1) is 20.8 Å². The first-order valence-corrected chi connectivity index (χ1v) is 12.5. The van der Waals surface area contributed by atoms with E-state index in [0.717, 1.165) is 44.4 Å². The second-order valence-corrected chi connectivity index (χ2v) is 11.0. The molecule has 0 bridgehead atoms. The van der Waals surface area contributed by atoms with E-state index in [2.05, 4.69) is 30.9 Å². The van der Waals surface area contributed by atoms with Gasteiger partial charge in [0, 0.05) is 22.7 Å². The third-order valence-electron chi connectivity index (χ3n) is 6.03. The normalized spacial score (nSPS) is 12.2. The number of anilines is 1. The maximum atomic E-state index is 12.5. The highest BCUT2D eigenvalue weighted by Gasteiger charge is 2.22. The zero-order valence-electron chi connectivity index (χ0n) is 19.6. The molecule has 0 radical (unpaired) electrons. The van der Waals surface area contributed by atoms with E-state index in [1.165, 1.54) is 0 Å². The molecule has 0 aliphatic rings. The van der Waals surface area contributed by atoms with E-state index in [9.17, 15) is 8.42 Å². The molecular formula is C25H25N5O3S. The molecule has 9 heteroatoms. The van der Waals surface area contributed by atoms with Crippen molar-refractivity contribution in [2.45, 2.75) is 39.9 Å². The number of hydrogen-bond acceptors (Lipinski definition) is 6. The smallest absolute Gasteiger partial charge is 0.237 e. The Bertz CT molecular complexity index is 1650. The highest BCUT2D eigenvalue weighted by molar-refractivity contribution is 7.93. The van der Waals surface area contributed by atoms with Crippen molar-refractivity contribution in [1.82, 2.24) is 20.1 Å². The summed E-state index contributed by atoms with van der Waals surface area (Å²) in [5.41, 5.74) is 7.74. The van der Waals surface area contributed by atoms with E-state index in [-0.39, 0.29) is 5.95 Å². The Hall–Kier alpha value is -3.72. The number of fused-ring (bicyclic) bond motifs is 2. The summed E-state index contributed by atoms with van der Waals surface area (Å²) in [5.74, 6) is 0.885. The second-order valence-electron chi connectivity index (χ2n) is 8.73. The van der Waals surface area contributed by atoms with E-state index in [4.69, 9.17) is 4.52 Å². The molecule has 5 rings (SSSR count). The number of aryl methyl sites for hydroxylation is 3. The Morgan fingerprint density at radius 2 is 1.85 bits per heavy atom. The monoisotopic (exact) mass is 475 g/mol. The van der Waals surface area contributed by atoms with Gasteiger partial charge in [0.2, 0.25) is 16.0 Å². The van der Waals surface area contributed by atoms with Crippen molar-refractivity contribution < 1.29 is 12.9 Å². The molecule has 0 unspecified atom stereocenters. The lowest BCUT2D eigenvalue weighted by atomic mass is 9.92. The lowest BCUT2D eigenvalue weighted by Gasteiger charge is -2.13. The number of nitrogens with one attached hydrogen (secondary N) is 2. The van der Waals surface area contributed by atoms with Gasteiger partial charge >= 0.3 is 0 Å². The molecular weight excluding hydrogens is 450 g/mol. The molecule has 0 atom stereocenters. The van der Waals surface area contributed by atoms with E-state index >= 15 is 0 Å². The van der Waals surface area contributed by atoms with Gasteiger partial charge in [0.15, 0.2) is 0 Å². The van der Waals surface area contributed by atoms with Gasteiger partial charge in [-0.2, -0.15) is 0 Å². The Morgan fingerprint density at radius 3 is 2.56 bits per heavy atom. The number of hydrogen-bond donors (Lipinski definition) is 2. The summed E-state index contributed by atoms with van der Waals surface area (Å²) >= 11 is 0. The molecule has 8 nitrogen and oxygen atoms in total. The van der Waals surface area contributed by atoms with Crippen LogP contribution in [0.3, 0.4) is 0 Å². The van der Waals surface area contributed by atoms with Gasteiger partial charge in [0.05, 0.1) is 27.5 Å². The predicted octanol–water partition coefficient (Wildman–Crippen LogP) is 5.51. The van der Waals surface area contributed by atoms with Gasteiger partial charge in [0.25, 0.3) is 0 Å². The fraction of sp³-hybridized carbons (Fsp3) is 0.240. The number of rotatable bonds is 5. The lowest BCUT2D eigenvalue weighted by molar-refractivity contribution is 0.393. The Morgan fingerprint density at radius 1 is 1.06 bits per heavy atom. The standard InChI is InChI=1S/C25H25N5O3S/c1-13(2)34(31,32)30-25-27-21-12-17(23-15(4)29-33-16(23)5)11-19(24(21)28-25)22-14(3)8-9-20-18(22)7-6-10-26-20/h6-13H,1-5H3,(H2,27,28,30). The minimum atomic E-state index is -3.56. The largest absolute Gasteiger partial charge is 0.361 e. The molecule has 2 aromatic carbocycles. The van der Waals surface area contributed by atoms with Crippen molar-refractivity contribution >= 4 is 37.9 Å². The Labute approximate surface area is 197 Å². The van der Waals surface area contributed by atoms with Crippen molar-refractivity contribution in [2.75, 3.05) is 4.72 Å². The molecule has 2 N–H and O–H groups in total. The topological polar surface area (TPSA) is 114 Å². The van der Waals surface area contributed by atoms with Gasteiger partial charge in [-0.15, -0.1) is 0 Å². The molecule has 34 heavy (non-hydrogen) atoms. The SMILES string of the molecule is Cc1ccc2ncccc2c1-c1cc(-c2c(C)noc2C)cc2[nH]c(NS(=O)(=O)C(C)C)nc12. The second kappa shape index (κ2) is 7.95. The molecule has 3 aromatic heterocycles. The summed E-state index contributed by atoms with van der Waals surface area (Å²) in [5, 5.41) is 4.51. The third-order valence-corrected chi connectivity index (χ3v) is 7.75. The van der Waals surface area contributed by atoms with E-state index in [0.29, 0.717) is 16.8 Å². The highest BCUT2D eigenvalue weighted by Crippen LogP contribution is 2.40. The van der Waals surface area contributed by atoms with E-state index in [1.54, 1.807) is 20.0 Å². The summed E-state index contributed by atoms with van der Waals surface area (Å²) in [6.07, 6.45) is 1.77. The van der Waals surface area contributed by atoms with Crippen molar-refractivity contribution in [1.29, 1.82) is 0 Å². The van der Waals surface area contributed by atoms with Crippen LogP contribution in [-0.2, 0) is 10.0 Å². The number of imidazole rings is 1. The van der Waals surface area contributed by atoms with Crippen LogP contribution in [0.15, 0.2) is 47.1 Å². The average Bonchev–Trinajstić information content (AvgIpc) is 3.34. The van der Waals surface area contributed by atoms with E-state index in [1.807, 2.05) is 51.1 Å². The van der Waals surface area contributed by atoms with Crippen LogP contribution in [-0.4, -0.2) is 33.8 Å². The van der Waals surface area contributed by atoms with Crippen LogP contribution in [0.1, 0.15) is 30.9 Å². The quantitative estimate of drug-likeness (QED) is 0.346. The molecule has 0 saturated carbocycles. The van der Waals surface area contributed by atoms with Crippen LogP contribution < -0.4 is 4.72 Å². The van der Waals surface area contributed by atoms with Crippen molar-refractivity contribution in [3.05, 3.63) is 59.6 Å². The summed E-state index contributed by atoms with van der Waals surface area (Å²) in [6, 6.07) is 12.0. The van der Waals surface area contributed by atoms with Gasteiger partial charge in [-0.25, -0.2) is 13.4 Å². The number of nitrogens with zero attached hydrogens (tertiary/aromatic N) is 3. The Balaban J connectivity index is 1.84. The van der Waals surface area contributed by atoms with Crippen LogP contribution >= 0.6 is 0 Å². The summed E-state index contributed by atoms with van der Waals surface area (Å²) < 4.78 is 33.0. The number of sulfonamides is 1. The van der Waals surface area contributed by atoms with Gasteiger partial charge in [-0.1, -0.05) is 17.3 Å². The van der Waals surface area contributed by atoms with Gasteiger partial charge in [-0.05, 0) is 75.6 Å². The molecule has 0 aliphatic heterocycles. The van der Waals surface area contributed by atoms with Crippen LogP contribution in [0.4, 0.5) is 5.95 Å². The van der Waals surface area contributed by atoms with Crippen LogP contribution in [0.5, 0.6) is 0 Å². The van der Waals surface area contributed by atoms with Crippen LogP contribution in [0.2, 0.25) is 0 Å². The number of benzene rings is 2. The molecule has 5 aromatic rings. The summed E-state index contributed by atoms with van der Waals surface area (Å²) in [7, 11) is -3.56. The fourth-order valence-electron chi connectivity index (χ4n) is 4.27. The van der Waals surface area contributed by atoms with Gasteiger partial charge in [-0.3, -0.25) is 9.71 Å². The number of pyridine rings is 1. The minimum absolute atomic E-state index is 0.178.